The van der Waals surface area contributed by atoms with E-state index in [1.54, 1.807) is 0 Å². The summed E-state index contributed by atoms with van der Waals surface area (Å²) in [6.07, 6.45) is -5.51. The number of hydrogen-bond donors (Lipinski definition) is 5. The van der Waals surface area contributed by atoms with E-state index in [-0.39, 0.29) is 23.4 Å². The molecule has 1 heterocycles. The molecule has 0 aliphatic heterocycles. The number of alkyl halides is 3. The number of halogens is 4. The highest BCUT2D eigenvalue weighted by Gasteiger charge is 2.43. The lowest BCUT2D eigenvalue weighted by Crippen LogP contribution is -2.42. The van der Waals surface area contributed by atoms with Gasteiger partial charge in [-0.25, -0.2) is 18.7 Å². The molecule has 0 spiro atoms. The number of nitrogens with one attached hydrogen (secondary N) is 4. The van der Waals surface area contributed by atoms with Gasteiger partial charge in [0.15, 0.2) is 0 Å². The molecule has 1 atom stereocenters. The largest absolute Gasteiger partial charge is 0.493 e. The normalized spacial score (nSPS) is 12.3. The zero-order valence-corrected chi connectivity index (χ0v) is 21.0. The fraction of sp³-hybridized carbons (Fsp3) is 0.300. The van der Waals surface area contributed by atoms with Crippen molar-refractivity contribution < 1.29 is 40.9 Å². The summed E-state index contributed by atoms with van der Waals surface area (Å²) < 4.78 is 65.5. The number of pyridine rings is 1. The van der Waals surface area contributed by atoms with Crippen LogP contribution < -0.4 is 31.6 Å². The third-order valence-corrected chi connectivity index (χ3v) is 6.03. The van der Waals surface area contributed by atoms with Gasteiger partial charge in [-0.15, -0.1) is 4.73 Å². The molecule has 0 fully saturated rings. The smallest absolute Gasteiger partial charge is 0.368 e. The third-order valence-electron chi connectivity index (χ3n) is 4.53. The average molecular weight is 583 g/mol. The monoisotopic (exact) mass is 582 g/mol. The number of guanidine groups is 1. The Hall–Kier alpha value is -3.83. The first-order valence-corrected chi connectivity index (χ1v) is 12.4. The molecule has 13 nitrogen and oxygen atoms in total. The maximum absolute atomic E-state index is 12.9. The van der Waals surface area contributed by atoms with E-state index in [0.29, 0.717) is 5.02 Å². The van der Waals surface area contributed by atoms with E-state index in [0.717, 1.165) is 12.1 Å². The zero-order chi connectivity index (χ0) is 28.7. The van der Waals surface area contributed by atoms with E-state index in [9.17, 15) is 36.0 Å². The summed E-state index contributed by atoms with van der Waals surface area (Å²) in [7, 11) is -4.26. The van der Waals surface area contributed by atoms with Crippen LogP contribution in [0.2, 0.25) is 5.02 Å². The molecular formula is C20H22ClF3N6O7S. The van der Waals surface area contributed by atoms with Crippen molar-refractivity contribution in [3.63, 3.8) is 0 Å². The van der Waals surface area contributed by atoms with Crippen LogP contribution in [0.5, 0.6) is 0 Å². The minimum atomic E-state index is -5.51. The van der Waals surface area contributed by atoms with Crippen molar-refractivity contribution in [1.29, 1.82) is 5.41 Å². The van der Waals surface area contributed by atoms with Crippen LogP contribution in [0.25, 0.3) is 0 Å². The van der Waals surface area contributed by atoms with E-state index >= 15 is 0 Å². The molecule has 0 saturated heterocycles. The predicted octanol–water partition coefficient (Wildman–Crippen LogP) is 0.595. The lowest BCUT2D eigenvalue weighted by atomic mass is 10.1. The molecule has 0 aliphatic carbocycles. The van der Waals surface area contributed by atoms with Crippen molar-refractivity contribution in [3.8, 4) is 0 Å². The molecule has 1 unspecified atom stereocenters. The molecule has 18 heteroatoms. The van der Waals surface area contributed by atoms with Crippen molar-refractivity contribution in [2.45, 2.75) is 24.8 Å². The van der Waals surface area contributed by atoms with Crippen LogP contribution in [-0.4, -0.2) is 50.3 Å². The van der Waals surface area contributed by atoms with E-state index in [1.165, 1.54) is 31.2 Å². The van der Waals surface area contributed by atoms with Gasteiger partial charge in [0.1, 0.15) is 5.69 Å². The Morgan fingerprint density at radius 3 is 2.39 bits per heavy atom. The molecule has 0 saturated carbocycles. The molecule has 2 rings (SSSR count). The first-order chi connectivity index (χ1) is 17.6. The van der Waals surface area contributed by atoms with Crippen LogP contribution in [-0.2, 0) is 30.2 Å². The minimum Gasteiger partial charge on any atom is -0.368 e. The number of rotatable bonds is 11. The van der Waals surface area contributed by atoms with Crippen molar-refractivity contribution in [2.24, 2.45) is 5.73 Å². The van der Waals surface area contributed by atoms with Gasteiger partial charge in [-0.3, -0.25) is 24.6 Å². The highest BCUT2D eigenvalue weighted by molar-refractivity contribution is 7.91. The molecule has 38 heavy (non-hydrogen) atoms. The number of nitrogens with two attached hydrogens (primary N) is 1. The second kappa shape index (κ2) is 12.6. The summed E-state index contributed by atoms with van der Waals surface area (Å²) in [5.41, 5.74) is 4.60. The second-order valence-corrected chi connectivity index (χ2v) is 9.67. The fourth-order valence-electron chi connectivity index (χ4n) is 2.81. The lowest BCUT2D eigenvalue weighted by Gasteiger charge is -2.19. The van der Waals surface area contributed by atoms with Gasteiger partial charge >= 0.3 is 17.7 Å². The first-order valence-electron chi connectivity index (χ1n) is 10.4. The Kier molecular flexibility index (Phi) is 10.1. The molecule has 0 radical (unpaired) electrons. The lowest BCUT2D eigenvalue weighted by molar-refractivity contribution is -0.200. The van der Waals surface area contributed by atoms with Crippen LogP contribution in [0.1, 0.15) is 24.1 Å². The minimum absolute atomic E-state index is 0.103. The summed E-state index contributed by atoms with van der Waals surface area (Å²) in [6.45, 7) is 0.891. The molecule has 1 amide bonds. The van der Waals surface area contributed by atoms with Crippen molar-refractivity contribution in [2.75, 3.05) is 17.9 Å². The Labute approximate surface area is 218 Å². The molecule has 6 N–H and O–H groups in total. The maximum atomic E-state index is 12.9. The molecule has 0 aliphatic rings. The summed E-state index contributed by atoms with van der Waals surface area (Å²) >= 11 is 5.76. The first kappa shape index (κ1) is 30.4. The molecular weight excluding hydrogens is 561 g/mol. The van der Waals surface area contributed by atoms with Crippen LogP contribution in [0.3, 0.4) is 0 Å². The number of amides is 1. The van der Waals surface area contributed by atoms with Gasteiger partial charge in [-0.1, -0.05) is 23.7 Å². The number of hydroxylamine groups is 1. The number of hydrogen-bond acceptors (Lipinski definition) is 8. The Bertz CT molecular complexity index is 1350. The fourth-order valence-corrected chi connectivity index (χ4v) is 4.13. The summed E-state index contributed by atoms with van der Waals surface area (Å²) in [4.78, 5) is 45.8. The Morgan fingerprint density at radius 2 is 1.82 bits per heavy atom. The third kappa shape index (κ3) is 8.93. The molecule has 208 valence electrons. The van der Waals surface area contributed by atoms with Gasteiger partial charge in [0.2, 0.25) is 21.9 Å². The van der Waals surface area contributed by atoms with Gasteiger partial charge in [0.05, 0.1) is 24.0 Å². The highest BCUT2D eigenvalue weighted by atomic mass is 35.5. The van der Waals surface area contributed by atoms with E-state index in [2.05, 4.69) is 10.2 Å². The van der Waals surface area contributed by atoms with Gasteiger partial charge in [-0.05, 0) is 36.8 Å². The molecule has 2 aromatic rings. The van der Waals surface area contributed by atoms with Gasteiger partial charge in [-0.2, -0.15) is 13.2 Å². The SMILES string of the molecule is CC(C(=O)NCCONC(=N)N)c1ccc(NS(=O)(=O)Cc2ccc(Cl)cc2)c(=O)n1OC(=O)C(F)(F)F. The summed E-state index contributed by atoms with van der Waals surface area (Å²) in [5, 5.41) is 9.63. The average Bonchev–Trinajstić information content (AvgIpc) is 2.81. The topological polar surface area (TPSA) is 195 Å². The quantitative estimate of drug-likeness (QED) is 0.109. The van der Waals surface area contributed by atoms with Crippen LogP contribution in [0.4, 0.5) is 18.9 Å². The number of carbonyl (C=O) groups excluding carboxylic acids is 2. The number of aromatic nitrogens is 1. The summed E-state index contributed by atoms with van der Waals surface area (Å²) in [6, 6.07) is 7.55. The summed E-state index contributed by atoms with van der Waals surface area (Å²) in [5.74, 6) is -6.07. The maximum Gasteiger partial charge on any atom is 0.493 e. The van der Waals surface area contributed by atoms with Gasteiger partial charge in [0.25, 0.3) is 0 Å². The number of carbonyl (C=O) groups is 2. The van der Waals surface area contributed by atoms with Crippen molar-refractivity contribution in [3.05, 3.63) is 63.0 Å². The zero-order valence-electron chi connectivity index (χ0n) is 19.5. The second-order valence-electron chi connectivity index (χ2n) is 7.51. The van der Waals surface area contributed by atoms with Crippen LogP contribution >= 0.6 is 11.6 Å². The Balaban J connectivity index is 2.33. The van der Waals surface area contributed by atoms with E-state index in [4.69, 9.17) is 27.6 Å². The number of benzene rings is 1. The van der Waals surface area contributed by atoms with Crippen molar-refractivity contribution >= 4 is 45.1 Å². The standard InChI is InChI=1S/C20H22ClF3N6O7S/c1-11(16(31)27-8-9-36-28-19(25)26)15-7-6-14(17(32)30(15)37-18(33)20(22,23)24)29-38(34,35)10-12-2-4-13(21)5-3-12/h2-7,11,29H,8-10H2,1H3,(H,27,31)(H4,25,26,28). The highest BCUT2D eigenvalue weighted by Crippen LogP contribution is 2.20. The van der Waals surface area contributed by atoms with E-state index in [1.807, 2.05) is 10.2 Å². The Morgan fingerprint density at radius 1 is 1.18 bits per heavy atom. The van der Waals surface area contributed by atoms with Crippen LogP contribution in [0.15, 0.2) is 41.2 Å². The number of nitrogens with zero attached hydrogens (tertiary/aromatic N) is 1. The molecule has 0 bridgehead atoms. The van der Waals surface area contributed by atoms with Crippen LogP contribution in [0, 0.1) is 5.41 Å². The number of sulfonamides is 1. The molecule has 1 aromatic carbocycles. The molecule has 1 aromatic heterocycles. The predicted molar refractivity (Wildman–Crippen MR) is 128 cm³/mol. The van der Waals surface area contributed by atoms with Gasteiger partial charge in [0, 0.05) is 11.6 Å². The van der Waals surface area contributed by atoms with Crippen molar-refractivity contribution in [1.82, 2.24) is 15.5 Å². The van der Waals surface area contributed by atoms with Gasteiger partial charge < -0.3 is 15.9 Å². The number of anilines is 1. The van der Waals surface area contributed by atoms with E-state index < -0.39 is 62.6 Å².